The molecule has 0 heterocycles. The van der Waals surface area contributed by atoms with Gasteiger partial charge in [0.2, 0.25) is 11.8 Å². The van der Waals surface area contributed by atoms with Crippen molar-refractivity contribution >= 4 is 40.5 Å². The highest BCUT2D eigenvalue weighted by atomic mass is 35.5. The molecule has 0 bridgehead atoms. The lowest BCUT2D eigenvalue weighted by Crippen LogP contribution is -2.36. The smallest absolute Gasteiger partial charge is 0.417 e. The highest BCUT2D eigenvalue weighted by Gasteiger charge is 2.33. The van der Waals surface area contributed by atoms with Crippen molar-refractivity contribution in [3.05, 3.63) is 57.1 Å². The summed E-state index contributed by atoms with van der Waals surface area (Å²) in [4.78, 5) is 36.0. The summed E-state index contributed by atoms with van der Waals surface area (Å²) in [5.41, 5.74) is -1.37. The molecule has 172 valence electrons. The molecular weight excluding hydrogens is 457 g/mol. The van der Waals surface area contributed by atoms with Crippen LogP contribution < -0.4 is 15.4 Å². The zero-order valence-corrected chi connectivity index (χ0v) is 17.6. The molecule has 0 aliphatic carbocycles. The number of nitro groups is 1. The molecule has 0 saturated carbocycles. The molecule has 0 atom stereocenters. The Kier molecular flexibility index (Phi) is 8.00. The lowest BCUT2D eigenvalue weighted by atomic mass is 10.2. The van der Waals surface area contributed by atoms with Crippen LogP contribution in [0.2, 0.25) is 5.02 Å². The van der Waals surface area contributed by atoms with Gasteiger partial charge >= 0.3 is 6.18 Å². The third kappa shape index (κ3) is 6.82. The highest BCUT2D eigenvalue weighted by Crippen LogP contribution is 2.36. The van der Waals surface area contributed by atoms with Crippen molar-refractivity contribution in [1.82, 2.24) is 4.90 Å². The first-order chi connectivity index (χ1) is 14.9. The van der Waals surface area contributed by atoms with E-state index in [0.29, 0.717) is 6.07 Å². The van der Waals surface area contributed by atoms with Crippen molar-refractivity contribution in [2.45, 2.75) is 6.18 Å². The standard InChI is InChI=1S/C19H18ClF3N4O5/c1-26(9-17(28)24-11-3-5-14(20)13(7-11)19(21,22)23)10-18(29)25-15-8-12(27(30)31)4-6-16(15)32-2/h3-8H,9-10H2,1-2H3,(H,24,28)(H,25,29). The maximum absolute atomic E-state index is 12.9. The van der Waals surface area contributed by atoms with Crippen molar-refractivity contribution in [3.8, 4) is 5.75 Å². The number of ether oxygens (including phenoxy) is 1. The van der Waals surface area contributed by atoms with Crippen LogP contribution in [-0.4, -0.2) is 48.9 Å². The first-order valence-corrected chi connectivity index (χ1v) is 9.26. The maximum atomic E-state index is 12.9. The average molecular weight is 475 g/mol. The first kappa shape index (κ1) is 24.9. The second-order valence-corrected chi connectivity index (χ2v) is 7.01. The minimum atomic E-state index is -4.68. The fraction of sp³-hybridized carbons (Fsp3) is 0.263. The second-order valence-electron chi connectivity index (χ2n) is 6.60. The number of halogens is 4. The van der Waals surface area contributed by atoms with Gasteiger partial charge in [0.1, 0.15) is 5.75 Å². The molecule has 0 radical (unpaired) electrons. The van der Waals surface area contributed by atoms with Gasteiger partial charge in [-0.1, -0.05) is 11.6 Å². The van der Waals surface area contributed by atoms with E-state index in [1.807, 2.05) is 0 Å². The van der Waals surface area contributed by atoms with E-state index in [-0.39, 0.29) is 35.9 Å². The van der Waals surface area contributed by atoms with Crippen LogP contribution in [0.15, 0.2) is 36.4 Å². The number of carbonyl (C=O) groups is 2. The summed E-state index contributed by atoms with van der Waals surface area (Å²) in [5.74, 6) is -1.05. The molecule has 0 aromatic heterocycles. The molecule has 2 amide bonds. The molecule has 0 saturated heterocycles. The van der Waals surface area contributed by atoms with Crippen LogP contribution in [0.1, 0.15) is 5.56 Å². The van der Waals surface area contributed by atoms with Crippen LogP contribution >= 0.6 is 11.6 Å². The number of alkyl halides is 3. The summed E-state index contributed by atoms with van der Waals surface area (Å²) in [6, 6.07) is 6.61. The Bertz CT molecular complexity index is 1030. The van der Waals surface area contributed by atoms with Gasteiger partial charge in [-0.05, 0) is 31.3 Å². The number of hydrogen-bond donors (Lipinski definition) is 2. The highest BCUT2D eigenvalue weighted by molar-refractivity contribution is 6.31. The van der Waals surface area contributed by atoms with Crippen LogP contribution in [0.25, 0.3) is 0 Å². The monoisotopic (exact) mass is 474 g/mol. The molecule has 13 heteroatoms. The number of nitro benzene ring substituents is 1. The van der Waals surface area contributed by atoms with Gasteiger partial charge in [-0.2, -0.15) is 13.2 Å². The second kappa shape index (κ2) is 10.3. The van der Waals surface area contributed by atoms with Crippen molar-refractivity contribution in [3.63, 3.8) is 0 Å². The van der Waals surface area contributed by atoms with Gasteiger partial charge in [0.05, 0.1) is 41.4 Å². The molecule has 0 aliphatic heterocycles. The van der Waals surface area contributed by atoms with Crippen molar-refractivity contribution in [2.75, 3.05) is 37.9 Å². The summed E-state index contributed by atoms with van der Waals surface area (Å²) >= 11 is 5.54. The van der Waals surface area contributed by atoms with Crippen molar-refractivity contribution < 1.29 is 32.4 Å². The van der Waals surface area contributed by atoms with Crippen LogP contribution in [0.3, 0.4) is 0 Å². The molecule has 32 heavy (non-hydrogen) atoms. The number of amides is 2. The minimum Gasteiger partial charge on any atom is -0.495 e. The SMILES string of the molecule is COc1ccc([N+](=O)[O-])cc1NC(=O)CN(C)CC(=O)Nc1ccc(Cl)c(C(F)(F)F)c1. The molecule has 0 spiro atoms. The molecule has 2 rings (SSSR count). The van der Waals surface area contributed by atoms with Gasteiger partial charge in [0.25, 0.3) is 5.69 Å². The number of anilines is 2. The normalized spacial score (nSPS) is 11.2. The van der Waals surface area contributed by atoms with E-state index in [0.717, 1.165) is 12.1 Å². The van der Waals surface area contributed by atoms with Crippen LogP contribution in [0.5, 0.6) is 5.75 Å². The summed E-state index contributed by atoms with van der Waals surface area (Å²) in [6.07, 6.45) is -4.68. The van der Waals surface area contributed by atoms with E-state index in [1.54, 1.807) is 0 Å². The number of carbonyl (C=O) groups excluding carboxylic acids is 2. The number of nitrogens with zero attached hydrogens (tertiary/aromatic N) is 2. The van der Waals surface area contributed by atoms with E-state index in [4.69, 9.17) is 16.3 Å². The Morgan fingerprint density at radius 2 is 1.75 bits per heavy atom. The zero-order valence-electron chi connectivity index (χ0n) is 16.8. The van der Waals surface area contributed by atoms with Crippen LogP contribution in [0.4, 0.5) is 30.2 Å². The minimum absolute atomic E-state index is 0.0744. The van der Waals surface area contributed by atoms with E-state index in [2.05, 4.69) is 10.6 Å². The number of non-ortho nitro benzene ring substituents is 1. The Balaban J connectivity index is 1.97. The number of nitrogens with one attached hydrogen (secondary N) is 2. The average Bonchev–Trinajstić information content (AvgIpc) is 2.68. The number of methoxy groups -OCH3 is 1. The Labute approximate surface area is 185 Å². The largest absolute Gasteiger partial charge is 0.495 e. The fourth-order valence-electron chi connectivity index (χ4n) is 2.66. The van der Waals surface area contributed by atoms with E-state index in [1.165, 1.54) is 37.3 Å². The maximum Gasteiger partial charge on any atom is 0.417 e. The summed E-state index contributed by atoms with van der Waals surface area (Å²) in [7, 11) is 2.76. The Morgan fingerprint density at radius 3 is 2.31 bits per heavy atom. The quantitative estimate of drug-likeness (QED) is 0.444. The number of likely N-dealkylation sites (N-methyl/N-ethyl adjacent to an activating group) is 1. The first-order valence-electron chi connectivity index (χ1n) is 8.88. The number of benzene rings is 2. The molecule has 0 fully saturated rings. The number of hydrogen-bond acceptors (Lipinski definition) is 6. The molecule has 0 aliphatic rings. The molecule has 9 nitrogen and oxygen atoms in total. The Hall–Kier alpha value is -3.38. The Morgan fingerprint density at radius 1 is 1.12 bits per heavy atom. The number of rotatable bonds is 8. The molecule has 2 N–H and O–H groups in total. The zero-order chi connectivity index (χ0) is 24.1. The van der Waals surface area contributed by atoms with Gasteiger partial charge in [-0.25, -0.2) is 0 Å². The van der Waals surface area contributed by atoms with Crippen molar-refractivity contribution in [1.29, 1.82) is 0 Å². The van der Waals surface area contributed by atoms with Gasteiger partial charge in [0.15, 0.2) is 0 Å². The lowest BCUT2D eigenvalue weighted by molar-refractivity contribution is -0.384. The van der Waals surface area contributed by atoms with Gasteiger partial charge < -0.3 is 15.4 Å². The fourth-order valence-corrected chi connectivity index (χ4v) is 2.89. The van der Waals surface area contributed by atoms with Crippen LogP contribution in [-0.2, 0) is 15.8 Å². The van der Waals surface area contributed by atoms with E-state index >= 15 is 0 Å². The predicted octanol–water partition coefficient (Wildman–Crippen LogP) is 3.78. The summed E-state index contributed by atoms with van der Waals surface area (Å²) in [6.45, 7) is -0.600. The van der Waals surface area contributed by atoms with E-state index < -0.39 is 33.5 Å². The lowest BCUT2D eigenvalue weighted by Gasteiger charge is -2.17. The third-order valence-corrected chi connectivity index (χ3v) is 4.38. The van der Waals surface area contributed by atoms with Gasteiger partial charge in [0, 0.05) is 17.8 Å². The molecule has 2 aromatic carbocycles. The van der Waals surface area contributed by atoms with Crippen molar-refractivity contribution in [2.24, 2.45) is 0 Å². The third-order valence-electron chi connectivity index (χ3n) is 4.05. The molecule has 2 aromatic rings. The molecular formula is C19H18ClF3N4O5. The summed E-state index contributed by atoms with van der Waals surface area (Å²) in [5, 5.41) is 15.2. The topological polar surface area (TPSA) is 114 Å². The van der Waals surface area contributed by atoms with Gasteiger partial charge in [-0.3, -0.25) is 24.6 Å². The van der Waals surface area contributed by atoms with Crippen LogP contribution in [0, 0.1) is 10.1 Å². The predicted molar refractivity (Wildman–Crippen MR) is 111 cm³/mol. The molecule has 0 unspecified atom stereocenters. The summed E-state index contributed by atoms with van der Waals surface area (Å²) < 4.78 is 43.8. The van der Waals surface area contributed by atoms with Gasteiger partial charge in [-0.15, -0.1) is 0 Å². The van der Waals surface area contributed by atoms with E-state index in [9.17, 15) is 32.9 Å².